The highest BCUT2D eigenvalue weighted by atomic mass is 16.3. The zero-order chi connectivity index (χ0) is 11.4. The number of carbonyl (C=O) groups is 2. The number of amides is 2. The summed E-state index contributed by atoms with van der Waals surface area (Å²) in [6.07, 6.45) is 0.661. The molecule has 0 aliphatic heterocycles. The van der Waals surface area contributed by atoms with Crippen molar-refractivity contribution in [2.75, 3.05) is 11.9 Å². The van der Waals surface area contributed by atoms with Gasteiger partial charge in [0.05, 0.1) is 0 Å². The van der Waals surface area contributed by atoms with Gasteiger partial charge in [0.1, 0.15) is 0 Å². The van der Waals surface area contributed by atoms with E-state index in [1.165, 1.54) is 11.0 Å². The summed E-state index contributed by atoms with van der Waals surface area (Å²) in [5.41, 5.74) is 1.53. The molecule has 0 aliphatic rings. The number of aryl methyl sites for hydroxylation is 1. The first-order chi connectivity index (χ1) is 7.10. The molecule has 78 valence electrons. The van der Waals surface area contributed by atoms with Gasteiger partial charge < -0.3 is 4.90 Å². The predicted molar refractivity (Wildman–Crippen MR) is 55.8 cm³/mol. The fourth-order valence-corrected chi connectivity index (χ4v) is 1.22. The molecule has 1 aromatic rings. The third-order valence-electron chi connectivity index (χ3n) is 2.09. The Balaban J connectivity index is 3.13. The van der Waals surface area contributed by atoms with Crippen molar-refractivity contribution in [1.29, 1.82) is 0 Å². The second kappa shape index (κ2) is 4.45. The summed E-state index contributed by atoms with van der Waals surface area (Å²) < 4.78 is 0. The average molecular weight is 206 g/mol. The predicted octanol–water partition coefficient (Wildman–Crippen LogP) is 1.49. The highest BCUT2D eigenvalue weighted by Crippen LogP contribution is 2.17. The summed E-state index contributed by atoms with van der Waals surface area (Å²) in [7, 11) is 1.60. The smallest absolute Gasteiger partial charge is 0.317 e. The molecule has 0 heterocycles. The Morgan fingerprint density at radius 3 is 2.60 bits per heavy atom. The summed E-state index contributed by atoms with van der Waals surface area (Å²) >= 11 is 0. The summed E-state index contributed by atoms with van der Waals surface area (Å²) in [4.78, 5) is 32.9. The van der Waals surface area contributed by atoms with Crippen LogP contribution in [0.5, 0.6) is 0 Å². The number of hydrogen-bond acceptors (Lipinski definition) is 3. The van der Waals surface area contributed by atoms with Gasteiger partial charge in [-0.05, 0) is 30.7 Å². The molecule has 0 saturated heterocycles. The molecular formula is C10H10N2O3. The molecule has 5 heteroatoms. The van der Waals surface area contributed by atoms with E-state index in [0.717, 1.165) is 0 Å². The van der Waals surface area contributed by atoms with Crippen LogP contribution in [0.25, 0.3) is 0 Å². The van der Waals surface area contributed by atoms with E-state index in [-0.39, 0.29) is 5.56 Å². The van der Waals surface area contributed by atoms with Gasteiger partial charge in [0.25, 0.3) is 0 Å². The normalized spacial score (nSPS) is 9.47. The Labute approximate surface area is 86.7 Å². The minimum atomic E-state index is -0.798. The van der Waals surface area contributed by atoms with Gasteiger partial charge in [0.2, 0.25) is 6.41 Å². The van der Waals surface area contributed by atoms with Crippen molar-refractivity contribution in [2.45, 2.75) is 6.92 Å². The summed E-state index contributed by atoms with van der Waals surface area (Å²) in [5.74, 6) is -0.798. The maximum Gasteiger partial charge on any atom is 0.317 e. The van der Waals surface area contributed by atoms with Crippen molar-refractivity contribution < 1.29 is 9.59 Å². The number of benzene rings is 1. The largest absolute Gasteiger partial charge is 0.318 e. The summed E-state index contributed by atoms with van der Waals surface area (Å²) in [6, 6.07) is 4.71. The number of carbonyl (C=O) groups excluding carboxylic acids is 2. The molecule has 0 spiro atoms. The van der Waals surface area contributed by atoms with Gasteiger partial charge in [-0.25, -0.2) is 0 Å². The van der Waals surface area contributed by atoms with Crippen LogP contribution < -0.4 is 4.90 Å². The van der Waals surface area contributed by atoms with Crippen LogP contribution in [0.2, 0.25) is 0 Å². The van der Waals surface area contributed by atoms with E-state index in [4.69, 9.17) is 0 Å². The number of anilines is 1. The molecule has 5 nitrogen and oxygen atoms in total. The van der Waals surface area contributed by atoms with Gasteiger partial charge in [-0.15, -0.1) is 4.91 Å². The van der Waals surface area contributed by atoms with Crippen molar-refractivity contribution in [3.05, 3.63) is 34.2 Å². The standard InChI is InChI=1S/C10H10N2O3/c1-7-5-8(12(2)6-13)3-4-9(7)10(14)11-15/h3-6H,1-2H3. The van der Waals surface area contributed by atoms with Gasteiger partial charge in [0.15, 0.2) is 0 Å². The lowest BCUT2D eigenvalue weighted by Gasteiger charge is -2.12. The SMILES string of the molecule is Cc1cc(N(C)C=O)ccc1C(=O)N=O. The minimum absolute atomic E-state index is 0.257. The molecule has 2 amide bonds. The minimum Gasteiger partial charge on any atom is -0.318 e. The van der Waals surface area contributed by atoms with E-state index >= 15 is 0 Å². The number of hydrogen-bond donors (Lipinski definition) is 0. The molecule has 0 aromatic heterocycles. The molecule has 0 N–H and O–H groups in total. The van der Waals surface area contributed by atoms with Crippen LogP contribution in [0, 0.1) is 11.8 Å². The molecule has 0 unspecified atom stereocenters. The maximum absolute atomic E-state index is 11.0. The van der Waals surface area contributed by atoms with E-state index in [1.807, 2.05) is 0 Å². The molecule has 0 radical (unpaired) electrons. The van der Waals surface area contributed by atoms with Gasteiger partial charge in [-0.1, -0.05) is 0 Å². The van der Waals surface area contributed by atoms with Crippen molar-refractivity contribution in [3.63, 3.8) is 0 Å². The lowest BCUT2D eigenvalue weighted by molar-refractivity contribution is -0.107. The van der Waals surface area contributed by atoms with Crippen molar-refractivity contribution in [3.8, 4) is 0 Å². The quantitative estimate of drug-likeness (QED) is 0.555. The average Bonchev–Trinajstić information content (AvgIpc) is 2.26. The van der Waals surface area contributed by atoms with Crippen LogP contribution in [-0.4, -0.2) is 19.4 Å². The summed E-state index contributed by atoms with van der Waals surface area (Å²) in [5, 5.41) is 2.34. The van der Waals surface area contributed by atoms with Crippen molar-refractivity contribution in [1.82, 2.24) is 0 Å². The lowest BCUT2D eigenvalue weighted by atomic mass is 10.1. The van der Waals surface area contributed by atoms with Gasteiger partial charge in [-0.2, -0.15) is 0 Å². The Kier molecular flexibility index (Phi) is 3.28. The molecule has 0 saturated carbocycles. The first-order valence-corrected chi connectivity index (χ1v) is 4.26. The van der Waals surface area contributed by atoms with Crippen LogP contribution in [0.1, 0.15) is 15.9 Å². The molecule has 0 fully saturated rings. The van der Waals surface area contributed by atoms with E-state index in [9.17, 15) is 14.5 Å². The van der Waals surface area contributed by atoms with E-state index < -0.39 is 5.91 Å². The second-order valence-corrected chi connectivity index (χ2v) is 3.11. The van der Waals surface area contributed by atoms with Crippen LogP contribution in [0.4, 0.5) is 5.69 Å². The zero-order valence-corrected chi connectivity index (χ0v) is 8.43. The Morgan fingerprint density at radius 2 is 2.13 bits per heavy atom. The fraction of sp³-hybridized carbons (Fsp3) is 0.200. The van der Waals surface area contributed by atoms with Gasteiger partial charge in [-0.3, -0.25) is 9.59 Å². The summed E-state index contributed by atoms with van der Waals surface area (Å²) in [6.45, 7) is 1.68. The molecule has 0 atom stereocenters. The highest BCUT2D eigenvalue weighted by molar-refractivity contribution is 5.96. The van der Waals surface area contributed by atoms with Gasteiger partial charge in [0, 0.05) is 23.5 Å². The van der Waals surface area contributed by atoms with Crippen LogP contribution in [0.3, 0.4) is 0 Å². The van der Waals surface area contributed by atoms with Crippen LogP contribution in [0.15, 0.2) is 23.4 Å². The molecule has 15 heavy (non-hydrogen) atoms. The molecule has 1 rings (SSSR count). The Morgan fingerprint density at radius 1 is 1.47 bits per heavy atom. The van der Waals surface area contributed by atoms with E-state index in [0.29, 0.717) is 17.7 Å². The monoisotopic (exact) mass is 206 g/mol. The number of rotatable bonds is 3. The van der Waals surface area contributed by atoms with Crippen LogP contribution >= 0.6 is 0 Å². The maximum atomic E-state index is 11.0. The lowest BCUT2D eigenvalue weighted by Crippen LogP contribution is -2.14. The first kappa shape index (κ1) is 11.0. The number of nitroso groups, excluding NO2 is 1. The third-order valence-corrected chi connectivity index (χ3v) is 2.09. The number of nitrogens with zero attached hydrogens (tertiary/aromatic N) is 2. The zero-order valence-electron chi connectivity index (χ0n) is 8.43. The van der Waals surface area contributed by atoms with Crippen molar-refractivity contribution in [2.24, 2.45) is 5.18 Å². The Hall–Kier alpha value is -2.04. The fourth-order valence-electron chi connectivity index (χ4n) is 1.22. The third kappa shape index (κ3) is 2.25. The van der Waals surface area contributed by atoms with E-state index in [2.05, 4.69) is 5.18 Å². The second-order valence-electron chi connectivity index (χ2n) is 3.11. The molecule has 1 aromatic carbocycles. The molecular weight excluding hydrogens is 196 g/mol. The van der Waals surface area contributed by atoms with Crippen molar-refractivity contribution >= 4 is 18.0 Å². The molecule has 0 bridgehead atoms. The van der Waals surface area contributed by atoms with E-state index in [1.54, 1.807) is 26.1 Å². The van der Waals surface area contributed by atoms with Crippen LogP contribution in [-0.2, 0) is 4.79 Å². The highest BCUT2D eigenvalue weighted by Gasteiger charge is 2.10. The molecule has 0 aliphatic carbocycles. The Bertz CT molecular complexity index is 415. The first-order valence-electron chi connectivity index (χ1n) is 4.26. The van der Waals surface area contributed by atoms with Gasteiger partial charge >= 0.3 is 5.91 Å². The topological polar surface area (TPSA) is 66.8 Å².